The Balaban J connectivity index is 2.19. The van der Waals surface area contributed by atoms with E-state index in [1.807, 2.05) is 31.2 Å². The zero-order valence-electron chi connectivity index (χ0n) is 12.7. The Hall–Kier alpha value is -1.07. The summed E-state index contributed by atoms with van der Waals surface area (Å²) in [5.74, 6) is 0.980. The second kappa shape index (κ2) is 7.27. The predicted octanol–water partition coefficient (Wildman–Crippen LogP) is 3.48. The van der Waals surface area contributed by atoms with Crippen LogP contribution in [0.3, 0.4) is 0 Å². The Morgan fingerprint density at radius 3 is 2.38 bits per heavy atom. The van der Waals surface area contributed by atoms with Gasteiger partial charge in [-0.2, -0.15) is 8.42 Å². The highest BCUT2D eigenvalue weighted by atomic mass is 32.2. The summed E-state index contributed by atoms with van der Waals surface area (Å²) in [7, 11) is -3.42. The van der Waals surface area contributed by atoms with Crippen LogP contribution in [0.15, 0.2) is 24.3 Å². The standard InChI is InChI=1S/C16H24O4S/c1-3-19-14-11-9-13(10-12-14)15-7-5-4-6-8-16(15)20-21(2,17)18/h9-12,15-16H,3-8H2,1-2H3/t15-,16-/m1/s1. The van der Waals surface area contributed by atoms with Crippen molar-refractivity contribution >= 4 is 10.1 Å². The Morgan fingerprint density at radius 2 is 1.76 bits per heavy atom. The lowest BCUT2D eigenvalue weighted by Gasteiger charge is -2.24. The van der Waals surface area contributed by atoms with Crippen LogP contribution >= 0.6 is 0 Å². The van der Waals surface area contributed by atoms with Gasteiger partial charge in [0.1, 0.15) is 5.75 Å². The molecule has 0 aliphatic heterocycles. The number of ether oxygens (including phenoxy) is 1. The van der Waals surface area contributed by atoms with Crippen molar-refractivity contribution in [2.24, 2.45) is 0 Å². The monoisotopic (exact) mass is 312 g/mol. The third-order valence-electron chi connectivity index (χ3n) is 3.87. The zero-order valence-corrected chi connectivity index (χ0v) is 13.6. The largest absolute Gasteiger partial charge is 0.494 e. The number of benzene rings is 1. The van der Waals surface area contributed by atoms with Gasteiger partial charge in [-0.1, -0.05) is 31.4 Å². The maximum Gasteiger partial charge on any atom is 0.264 e. The molecule has 0 radical (unpaired) electrons. The molecule has 21 heavy (non-hydrogen) atoms. The second-order valence-corrected chi connectivity index (χ2v) is 7.19. The first-order chi connectivity index (χ1) is 9.99. The normalized spacial score (nSPS) is 23.5. The summed E-state index contributed by atoms with van der Waals surface area (Å²) >= 11 is 0. The Labute approximate surface area is 127 Å². The summed E-state index contributed by atoms with van der Waals surface area (Å²) < 4.78 is 33.8. The zero-order chi connectivity index (χ0) is 15.3. The van der Waals surface area contributed by atoms with Crippen molar-refractivity contribution in [2.45, 2.75) is 51.0 Å². The molecule has 0 aromatic heterocycles. The minimum absolute atomic E-state index is 0.137. The van der Waals surface area contributed by atoms with Crippen LogP contribution in [0.1, 0.15) is 50.5 Å². The summed E-state index contributed by atoms with van der Waals surface area (Å²) in [4.78, 5) is 0. The Morgan fingerprint density at radius 1 is 1.10 bits per heavy atom. The van der Waals surface area contributed by atoms with Crippen LogP contribution in [0, 0.1) is 0 Å². The Bertz CT molecular complexity index is 536. The number of rotatable bonds is 5. The van der Waals surface area contributed by atoms with Crippen LogP contribution in [-0.4, -0.2) is 27.4 Å². The predicted molar refractivity (Wildman–Crippen MR) is 83.2 cm³/mol. The lowest BCUT2D eigenvalue weighted by atomic mass is 9.89. The lowest BCUT2D eigenvalue weighted by molar-refractivity contribution is 0.170. The van der Waals surface area contributed by atoms with Gasteiger partial charge < -0.3 is 4.74 Å². The van der Waals surface area contributed by atoms with Crippen molar-refractivity contribution in [1.29, 1.82) is 0 Å². The molecule has 0 spiro atoms. The van der Waals surface area contributed by atoms with E-state index in [1.54, 1.807) is 0 Å². The molecule has 1 aliphatic carbocycles. The third-order valence-corrected chi connectivity index (χ3v) is 4.47. The van der Waals surface area contributed by atoms with Crippen molar-refractivity contribution < 1.29 is 17.3 Å². The fourth-order valence-electron chi connectivity index (χ4n) is 2.97. The van der Waals surface area contributed by atoms with Crippen LogP contribution in [-0.2, 0) is 14.3 Å². The van der Waals surface area contributed by atoms with Gasteiger partial charge in [0.05, 0.1) is 19.0 Å². The van der Waals surface area contributed by atoms with Crippen LogP contribution in [0.25, 0.3) is 0 Å². The van der Waals surface area contributed by atoms with E-state index in [4.69, 9.17) is 8.92 Å². The first-order valence-electron chi connectivity index (χ1n) is 7.60. The number of hydrogen-bond acceptors (Lipinski definition) is 4. The average Bonchev–Trinajstić information content (AvgIpc) is 2.64. The minimum Gasteiger partial charge on any atom is -0.494 e. The molecule has 0 amide bonds. The molecule has 1 fully saturated rings. The molecule has 2 rings (SSSR count). The highest BCUT2D eigenvalue weighted by molar-refractivity contribution is 7.86. The van der Waals surface area contributed by atoms with Crippen molar-refractivity contribution in [3.8, 4) is 5.75 Å². The van der Waals surface area contributed by atoms with Crippen LogP contribution < -0.4 is 4.74 Å². The van der Waals surface area contributed by atoms with E-state index in [0.717, 1.165) is 49.7 Å². The molecule has 1 saturated carbocycles. The molecule has 1 aromatic carbocycles. The van der Waals surface area contributed by atoms with E-state index in [2.05, 4.69) is 0 Å². The summed E-state index contributed by atoms with van der Waals surface area (Å²) in [6.07, 6.45) is 5.92. The van der Waals surface area contributed by atoms with Gasteiger partial charge in [-0.05, 0) is 37.5 Å². The highest BCUT2D eigenvalue weighted by Crippen LogP contribution is 2.35. The van der Waals surface area contributed by atoms with E-state index in [9.17, 15) is 8.42 Å². The van der Waals surface area contributed by atoms with Gasteiger partial charge in [0, 0.05) is 5.92 Å². The molecule has 0 saturated heterocycles. The smallest absolute Gasteiger partial charge is 0.264 e. The van der Waals surface area contributed by atoms with Gasteiger partial charge in [-0.3, -0.25) is 4.18 Å². The van der Waals surface area contributed by atoms with Crippen molar-refractivity contribution in [2.75, 3.05) is 12.9 Å². The maximum absolute atomic E-state index is 11.5. The second-order valence-electron chi connectivity index (χ2n) is 5.59. The molecular weight excluding hydrogens is 288 g/mol. The molecule has 4 nitrogen and oxygen atoms in total. The fraction of sp³-hybridized carbons (Fsp3) is 0.625. The van der Waals surface area contributed by atoms with Gasteiger partial charge >= 0.3 is 0 Å². The SMILES string of the molecule is CCOc1ccc([C@H]2CCCCC[C@H]2OS(C)(=O)=O)cc1. The van der Waals surface area contributed by atoms with Crippen LogP contribution in [0.2, 0.25) is 0 Å². The topological polar surface area (TPSA) is 52.6 Å². The quantitative estimate of drug-likeness (QED) is 0.617. The number of hydrogen-bond donors (Lipinski definition) is 0. The van der Waals surface area contributed by atoms with Crippen molar-refractivity contribution in [3.63, 3.8) is 0 Å². The molecular formula is C16H24O4S. The molecule has 1 aromatic rings. The molecule has 0 unspecified atom stereocenters. The van der Waals surface area contributed by atoms with Gasteiger partial charge in [0.15, 0.2) is 0 Å². The van der Waals surface area contributed by atoms with E-state index in [-0.39, 0.29) is 12.0 Å². The van der Waals surface area contributed by atoms with Crippen LogP contribution in [0.5, 0.6) is 5.75 Å². The first kappa shape index (κ1) is 16.3. The highest BCUT2D eigenvalue weighted by Gasteiger charge is 2.28. The minimum atomic E-state index is -3.42. The average molecular weight is 312 g/mol. The first-order valence-corrected chi connectivity index (χ1v) is 9.42. The van der Waals surface area contributed by atoms with Gasteiger partial charge in [0.25, 0.3) is 10.1 Å². The van der Waals surface area contributed by atoms with Gasteiger partial charge in [0.2, 0.25) is 0 Å². The molecule has 0 bridgehead atoms. The van der Waals surface area contributed by atoms with E-state index in [0.29, 0.717) is 6.61 Å². The fourth-order valence-corrected chi connectivity index (χ4v) is 3.65. The van der Waals surface area contributed by atoms with E-state index in [1.165, 1.54) is 0 Å². The van der Waals surface area contributed by atoms with E-state index < -0.39 is 10.1 Å². The van der Waals surface area contributed by atoms with Crippen molar-refractivity contribution in [3.05, 3.63) is 29.8 Å². The summed E-state index contributed by atoms with van der Waals surface area (Å²) in [5, 5.41) is 0. The summed E-state index contributed by atoms with van der Waals surface area (Å²) in [5.41, 5.74) is 1.13. The molecule has 0 heterocycles. The molecule has 2 atom stereocenters. The van der Waals surface area contributed by atoms with Crippen molar-refractivity contribution in [1.82, 2.24) is 0 Å². The molecule has 118 valence electrons. The Kier molecular flexibility index (Phi) is 5.65. The third kappa shape index (κ3) is 5.00. The molecule has 1 aliphatic rings. The summed E-state index contributed by atoms with van der Waals surface area (Å²) in [6, 6.07) is 7.95. The van der Waals surface area contributed by atoms with E-state index >= 15 is 0 Å². The maximum atomic E-state index is 11.5. The van der Waals surface area contributed by atoms with Gasteiger partial charge in [-0.15, -0.1) is 0 Å². The van der Waals surface area contributed by atoms with Gasteiger partial charge in [-0.25, -0.2) is 0 Å². The molecule has 5 heteroatoms. The van der Waals surface area contributed by atoms with Crippen LogP contribution in [0.4, 0.5) is 0 Å². The lowest BCUT2D eigenvalue weighted by Crippen LogP contribution is -2.24. The summed E-state index contributed by atoms with van der Waals surface area (Å²) in [6.45, 7) is 2.60. The molecule has 0 N–H and O–H groups in total.